The van der Waals surface area contributed by atoms with Crippen molar-refractivity contribution in [1.29, 1.82) is 0 Å². The van der Waals surface area contributed by atoms with Crippen molar-refractivity contribution in [1.82, 2.24) is 0 Å². The van der Waals surface area contributed by atoms with E-state index in [1.807, 2.05) is 20.8 Å². The molecule has 0 fully saturated rings. The first kappa shape index (κ1) is 33.1. The molecule has 0 amide bonds. The van der Waals surface area contributed by atoms with Gasteiger partial charge < -0.3 is 25.2 Å². The second-order valence-electron chi connectivity index (χ2n) is 14.4. The van der Waals surface area contributed by atoms with E-state index in [9.17, 15) is 39.6 Å². The first-order chi connectivity index (χ1) is 21.3. The fraction of sp³-hybridized carbons (Fsp3) is 0.459. The number of ether oxygens (including phenoxy) is 1. The van der Waals surface area contributed by atoms with Gasteiger partial charge in [0.1, 0.15) is 28.6 Å². The number of benzene rings is 2. The molecule has 0 heterocycles. The van der Waals surface area contributed by atoms with Crippen LogP contribution in [0.5, 0.6) is 11.5 Å². The summed E-state index contributed by atoms with van der Waals surface area (Å²) in [7, 11) is 0. The zero-order valence-corrected chi connectivity index (χ0v) is 27.6. The van der Waals surface area contributed by atoms with Gasteiger partial charge in [0.15, 0.2) is 17.2 Å². The number of hydrogen-bond donors (Lipinski definition) is 4. The molecule has 4 N–H and O–H groups in total. The molecule has 9 nitrogen and oxygen atoms in total. The Balaban J connectivity index is 1.69. The second-order valence-corrected chi connectivity index (χ2v) is 14.4. The number of aryl methyl sites for hydroxylation is 1. The molecule has 46 heavy (non-hydrogen) atoms. The monoisotopic (exact) mass is 630 g/mol. The van der Waals surface area contributed by atoms with Crippen LogP contribution < -0.4 is 4.74 Å². The van der Waals surface area contributed by atoms with Gasteiger partial charge in [0.25, 0.3) is 0 Å². The lowest BCUT2D eigenvalue weighted by Crippen LogP contribution is -2.67. The van der Waals surface area contributed by atoms with E-state index in [1.54, 1.807) is 58.0 Å². The average molecular weight is 631 g/mol. The lowest BCUT2D eigenvalue weighted by molar-refractivity contribution is -0.171. The Hall–Kier alpha value is -4.24. The number of ketones is 3. The van der Waals surface area contributed by atoms with Crippen LogP contribution >= 0.6 is 0 Å². The van der Waals surface area contributed by atoms with Crippen LogP contribution in [0.25, 0.3) is 0 Å². The quantitative estimate of drug-likeness (QED) is 0.173. The summed E-state index contributed by atoms with van der Waals surface area (Å²) in [6, 6.07) is 8.61. The number of rotatable bonds is 6. The highest BCUT2D eigenvalue weighted by molar-refractivity contribution is 6.25. The van der Waals surface area contributed by atoms with E-state index in [0.717, 1.165) is 18.1 Å². The van der Waals surface area contributed by atoms with Crippen molar-refractivity contribution in [3.63, 3.8) is 0 Å². The third-order valence-electron chi connectivity index (χ3n) is 10.3. The molecule has 244 valence electrons. The third kappa shape index (κ3) is 4.62. The summed E-state index contributed by atoms with van der Waals surface area (Å²) < 4.78 is 5.47. The van der Waals surface area contributed by atoms with Crippen molar-refractivity contribution in [3.05, 3.63) is 80.8 Å². The van der Waals surface area contributed by atoms with E-state index < -0.39 is 68.5 Å². The highest BCUT2D eigenvalue weighted by Crippen LogP contribution is 2.65. The first-order valence-electron chi connectivity index (χ1n) is 15.6. The van der Waals surface area contributed by atoms with Gasteiger partial charge in [-0.25, -0.2) is 0 Å². The van der Waals surface area contributed by atoms with E-state index in [4.69, 9.17) is 4.74 Å². The molecule has 0 saturated heterocycles. The van der Waals surface area contributed by atoms with Crippen LogP contribution in [0.1, 0.15) is 93.4 Å². The molecule has 4 atom stereocenters. The molecule has 3 aliphatic carbocycles. The predicted octanol–water partition coefficient (Wildman–Crippen LogP) is 5.93. The van der Waals surface area contributed by atoms with Crippen LogP contribution in [-0.4, -0.2) is 49.3 Å². The number of carbonyl (C=O) groups is 4. The number of esters is 1. The number of aliphatic hydroxyl groups is 3. The smallest absolute Gasteiger partial charge is 0.315 e. The maximum absolute atomic E-state index is 14.5. The minimum atomic E-state index is -2.69. The molecule has 1 unspecified atom stereocenters. The van der Waals surface area contributed by atoms with Crippen molar-refractivity contribution in [2.45, 2.75) is 86.2 Å². The lowest BCUT2D eigenvalue weighted by atomic mass is 9.44. The van der Waals surface area contributed by atoms with Crippen LogP contribution in [-0.2, 0) is 27.2 Å². The summed E-state index contributed by atoms with van der Waals surface area (Å²) in [5.41, 5.74) is -3.82. The zero-order valence-electron chi connectivity index (χ0n) is 27.6. The Morgan fingerprint density at radius 3 is 2.17 bits per heavy atom. The predicted molar refractivity (Wildman–Crippen MR) is 170 cm³/mol. The zero-order chi connectivity index (χ0) is 34.3. The molecular formula is C37H42O9. The fourth-order valence-corrected chi connectivity index (χ4v) is 8.47. The van der Waals surface area contributed by atoms with Crippen molar-refractivity contribution in [3.8, 4) is 11.5 Å². The molecule has 0 radical (unpaired) electrons. The van der Waals surface area contributed by atoms with E-state index >= 15 is 0 Å². The number of fused-ring (bicyclic) bond motifs is 3. The summed E-state index contributed by atoms with van der Waals surface area (Å²) in [4.78, 5) is 54.0. The topological polar surface area (TPSA) is 158 Å². The van der Waals surface area contributed by atoms with Crippen molar-refractivity contribution in [2.24, 2.45) is 22.7 Å². The van der Waals surface area contributed by atoms with Gasteiger partial charge in [-0.1, -0.05) is 65.3 Å². The third-order valence-corrected chi connectivity index (χ3v) is 10.3. The van der Waals surface area contributed by atoms with Gasteiger partial charge in [-0.3, -0.25) is 19.2 Å². The van der Waals surface area contributed by atoms with Crippen molar-refractivity contribution >= 4 is 23.3 Å². The van der Waals surface area contributed by atoms with Gasteiger partial charge in [-0.15, -0.1) is 0 Å². The Morgan fingerprint density at radius 1 is 1.02 bits per heavy atom. The number of phenols is 1. The molecule has 3 aliphatic rings. The average Bonchev–Trinajstić information content (AvgIpc) is 2.92. The molecule has 0 aromatic heterocycles. The number of Topliss-reactive ketones (excluding diaryl/α,β-unsaturated/α-hetero) is 3. The maximum Gasteiger partial charge on any atom is 0.315 e. The highest BCUT2D eigenvalue weighted by Gasteiger charge is 2.71. The molecule has 9 heteroatoms. The van der Waals surface area contributed by atoms with E-state index in [2.05, 4.69) is 0 Å². The number of aliphatic hydroxyl groups excluding tert-OH is 2. The Labute approximate surface area is 268 Å². The largest absolute Gasteiger partial charge is 0.511 e. The lowest BCUT2D eigenvalue weighted by Gasteiger charge is -2.59. The Bertz CT molecular complexity index is 1760. The fourth-order valence-electron chi connectivity index (χ4n) is 8.47. The van der Waals surface area contributed by atoms with Crippen LogP contribution in [0.4, 0.5) is 0 Å². The minimum absolute atomic E-state index is 0.00777. The molecule has 0 spiro atoms. The number of carbonyl (C=O) groups excluding carboxylic acids is 4. The van der Waals surface area contributed by atoms with Crippen LogP contribution in [0.3, 0.4) is 0 Å². The summed E-state index contributed by atoms with van der Waals surface area (Å²) in [5, 5.41) is 47.0. The summed E-state index contributed by atoms with van der Waals surface area (Å²) in [6.45, 7) is 13.8. The summed E-state index contributed by atoms with van der Waals surface area (Å²) >= 11 is 0. The van der Waals surface area contributed by atoms with E-state index in [0.29, 0.717) is 11.3 Å². The molecule has 0 saturated carbocycles. The number of aromatic hydroxyl groups is 1. The molecular weight excluding hydrogens is 588 g/mol. The van der Waals surface area contributed by atoms with Crippen molar-refractivity contribution < 1.29 is 44.3 Å². The number of phenolic OH excluding ortho intramolecular Hbond substituents is 1. The highest BCUT2D eigenvalue weighted by atomic mass is 16.5. The molecule has 0 aliphatic heterocycles. The van der Waals surface area contributed by atoms with Gasteiger partial charge in [0.05, 0.1) is 12.0 Å². The van der Waals surface area contributed by atoms with Gasteiger partial charge in [0.2, 0.25) is 5.78 Å². The summed E-state index contributed by atoms with van der Waals surface area (Å²) in [5.74, 6) is -6.15. The summed E-state index contributed by atoms with van der Waals surface area (Å²) in [6.07, 6.45) is -0.171. The Kier molecular flexibility index (Phi) is 7.88. The maximum atomic E-state index is 14.5. The van der Waals surface area contributed by atoms with Crippen LogP contribution in [0, 0.1) is 29.6 Å². The van der Waals surface area contributed by atoms with Crippen molar-refractivity contribution in [2.75, 3.05) is 0 Å². The van der Waals surface area contributed by atoms with Crippen LogP contribution in [0.15, 0.2) is 53.0 Å². The second kappa shape index (κ2) is 10.9. The Morgan fingerprint density at radius 2 is 1.63 bits per heavy atom. The molecule has 0 bridgehead atoms. The number of hydrogen-bond acceptors (Lipinski definition) is 9. The standard InChI is InChI=1S/C37H42O9/c1-17(2)23-13-21(14-25(39)46-22-11-9-19(5)10-12-22)30(40)27-24(23)15-35(7)16-36(8)28(18(3)4)31(41)26(20(6)38)33(43)37(36,45)34(44)29(35)32(27)42/h9-13,17-18,28,40-41,44-45H,14-16H2,1-8H3/t28?,35-,36-,37+/m1/s1. The molecule has 2 aromatic rings. The first-order valence-corrected chi connectivity index (χ1v) is 15.6. The van der Waals surface area contributed by atoms with Gasteiger partial charge in [-0.05, 0) is 61.8 Å². The molecule has 5 rings (SSSR count). The number of allylic oxidation sites excluding steroid dienone is 2. The van der Waals surface area contributed by atoms with Gasteiger partial charge >= 0.3 is 5.97 Å². The minimum Gasteiger partial charge on any atom is -0.511 e. The normalized spacial score (nSPS) is 27.5. The van der Waals surface area contributed by atoms with E-state index in [-0.39, 0.29) is 47.8 Å². The van der Waals surface area contributed by atoms with Crippen LogP contribution in [0.2, 0.25) is 0 Å². The van der Waals surface area contributed by atoms with Gasteiger partial charge in [0, 0.05) is 27.9 Å². The molecule has 2 aromatic carbocycles. The SMILES string of the molecule is CC(=O)C1=C(O)C(C(C)C)[C@@]2(C)C[C@@]3(C)Cc4c(C(C)C)cc(CC(=O)Oc5ccc(C)cc5)c(O)c4C(=O)C3=C(O)[C@@]2(O)C1=O. The van der Waals surface area contributed by atoms with E-state index in [1.165, 1.54) is 0 Å². The van der Waals surface area contributed by atoms with Gasteiger partial charge in [-0.2, -0.15) is 0 Å².